The van der Waals surface area contributed by atoms with Gasteiger partial charge >= 0.3 is 0 Å². The molecule has 3 rings (SSSR count). The van der Waals surface area contributed by atoms with Gasteiger partial charge in [-0.3, -0.25) is 9.59 Å². The summed E-state index contributed by atoms with van der Waals surface area (Å²) in [5, 5.41) is 4.41. The molecule has 3 aromatic carbocycles. The van der Waals surface area contributed by atoms with Crippen LogP contribution in [0.5, 0.6) is 5.75 Å². The Morgan fingerprint density at radius 1 is 0.914 bits per heavy atom. The Labute approximate surface area is 220 Å². The van der Waals surface area contributed by atoms with Crippen molar-refractivity contribution in [1.29, 1.82) is 0 Å². The number of halogens is 3. The first kappa shape index (κ1) is 26.9. The van der Waals surface area contributed by atoms with Crippen molar-refractivity contribution in [3.63, 3.8) is 0 Å². The van der Waals surface area contributed by atoms with Gasteiger partial charge in [0.25, 0.3) is 5.91 Å². The molecular formula is C27H27Cl3N2O3. The molecule has 0 aliphatic rings. The minimum Gasteiger partial charge on any atom is -0.484 e. The Balaban J connectivity index is 1.93. The topological polar surface area (TPSA) is 58.6 Å². The van der Waals surface area contributed by atoms with Crippen LogP contribution in [-0.2, 0) is 22.6 Å². The van der Waals surface area contributed by atoms with E-state index in [1.807, 2.05) is 44.2 Å². The third kappa shape index (κ3) is 8.17. The van der Waals surface area contributed by atoms with Crippen molar-refractivity contribution >= 4 is 46.6 Å². The monoisotopic (exact) mass is 532 g/mol. The van der Waals surface area contributed by atoms with Crippen molar-refractivity contribution in [2.75, 3.05) is 6.61 Å². The molecule has 35 heavy (non-hydrogen) atoms. The molecule has 1 atom stereocenters. The summed E-state index contributed by atoms with van der Waals surface area (Å²) in [4.78, 5) is 28.4. The van der Waals surface area contributed by atoms with E-state index >= 15 is 0 Å². The lowest BCUT2D eigenvalue weighted by Gasteiger charge is -2.32. The van der Waals surface area contributed by atoms with Gasteiger partial charge in [0.05, 0.1) is 0 Å². The molecule has 8 heteroatoms. The van der Waals surface area contributed by atoms with Crippen LogP contribution in [-0.4, -0.2) is 35.4 Å². The first-order valence-corrected chi connectivity index (χ1v) is 12.3. The molecule has 2 amide bonds. The minimum atomic E-state index is -0.784. The molecule has 0 fully saturated rings. The van der Waals surface area contributed by atoms with Gasteiger partial charge in [0.2, 0.25) is 5.91 Å². The van der Waals surface area contributed by atoms with Gasteiger partial charge in [-0.25, -0.2) is 0 Å². The Morgan fingerprint density at radius 3 is 2.20 bits per heavy atom. The molecule has 0 aliphatic heterocycles. The van der Waals surface area contributed by atoms with E-state index < -0.39 is 6.04 Å². The van der Waals surface area contributed by atoms with E-state index in [-0.39, 0.29) is 31.0 Å². The Kier molecular flexibility index (Phi) is 9.84. The predicted octanol–water partition coefficient (Wildman–Crippen LogP) is 6.19. The van der Waals surface area contributed by atoms with Crippen LogP contribution in [0.15, 0.2) is 72.8 Å². The van der Waals surface area contributed by atoms with Crippen LogP contribution in [0.3, 0.4) is 0 Å². The zero-order valence-corrected chi connectivity index (χ0v) is 21.8. The highest BCUT2D eigenvalue weighted by Crippen LogP contribution is 2.24. The summed E-state index contributed by atoms with van der Waals surface area (Å²) in [6.07, 6.45) is 0.331. The molecule has 0 aliphatic carbocycles. The summed E-state index contributed by atoms with van der Waals surface area (Å²) < 4.78 is 5.72. The number of nitrogens with one attached hydrogen (secondary N) is 1. The normalized spacial score (nSPS) is 11.7. The summed E-state index contributed by atoms with van der Waals surface area (Å²) in [6, 6.07) is 20.5. The van der Waals surface area contributed by atoms with Crippen molar-refractivity contribution in [1.82, 2.24) is 10.2 Å². The van der Waals surface area contributed by atoms with Crippen molar-refractivity contribution in [2.45, 2.75) is 38.9 Å². The number of hydrogen-bond donors (Lipinski definition) is 1. The van der Waals surface area contributed by atoms with Gasteiger partial charge in [-0.2, -0.15) is 0 Å². The maximum atomic E-state index is 13.5. The predicted molar refractivity (Wildman–Crippen MR) is 141 cm³/mol. The number of carbonyl (C=O) groups excluding carboxylic acids is 2. The average molecular weight is 534 g/mol. The van der Waals surface area contributed by atoms with E-state index in [1.54, 1.807) is 42.5 Å². The van der Waals surface area contributed by atoms with Gasteiger partial charge in [-0.05, 0) is 61.4 Å². The first-order chi connectivity index (χ1) is 16.7. The van der Waals surface area contributed by atoms with Crippen molar-refractivity contribution in [3.05, 3.63) is 99.0 Å². The number of rotatable bonds is 10. The van der Waals surface area contributed by atoms with Gasteiger partial charge in [0.15, 0.2) is 6.61 Å². The molecule has 1 unspecified atom stereocenters. The van der Waals surface area contributed by atoms with E-state index in [0.29, 0.717) is 32.8 Å². The summed E-state index contributed by atoms with van der Waals surface area (Å²) in [6.45, 7) is 3.61. The number of ether oxygens (including phenoxy) is 1. The van der Waals surface area contributed by atoms with E-state index in [1.165, 1.54) is 4.90 Å². The number of amides is 2. The molecule has 0 bridgehead atoms. The zero-order chi connectivity index (χ0) is 25.4. The number of carbonyl (C=O) groups is 2. The zero-order valence-electron chi connectivity index (χ0n) is 19.5. The summed E-state index contributed by atoms with van der Waals surface area (Å²) in [7, 11) is 0. The summed E-state index contributed by atoms with van der Waals surface area (Å²) in [5.41, 5.74) is 1.60. The SMILES string of the molecule is CC(C)NC(=O)C(Cc1ccccc1)N(Cc1ccc(Cl)cc1Cl)C(=O)COc1ccc(Cl)cc1. The average Bonchev–Trinajstić information content (AvgIpc) is 2.82. The van der Waals surface area contributed by atoms with Gasteiger partial charge in [0, 0.05) is 34.1 Å². The van der Waals surface area contributed by atoms with E-state index in [0.717, 1.165) is 5.56 Å². The Bertz CT molecular complexity index is 1140. The van der Waals surface area contributed by atoms with E-state index in [9.17, 15) is 9.59 Å². The molecular weight excluding hydrogens is 507 g/mol. The highest BCUT2D eigenvalue weighted by Gasteiger charge is 2.31. The molecule has 0 spiro atoms. The lowest BCUT2D eigenvalue weighted by molar-refractivity contribution is -0.143. The lowest BCUT2D eigenvalue weighted by atomic mass is 10.0. The fraction of sp³-hybridized carbons (Fsp3) is 0.259. The van der Waals surface area contributed by atoms with Gasteiger partial charge in [-0.15, -0.1) is 0 Å². The molecule has 184 valence electrons. The number of nitrogens with zero attached hydrogens (tertiary/aromatic N) is 1. The van der Waals surface area contributed by atoms with Crippen molar-refractivity contribution in [2.24, 2.45) is 0 Å². The number of benzene rings is 3. The van der Waals surface area contributed by atoms with Crippen LogP contribution in [0.25, 0.3) is 0 Å². The van der Waals surface area contributed by atoms with Crippen molar-refractivity contribution < 1.29 is 14.3 Å². The Morgan fingerprint density at radius 2 is 1.57 bits per heavy atom. The lowest BCUT2D eigenvalue weighted by Crippen LogP contribution is -2.52. The molecule has 0 aromatic heterocycles. The largest absolute Gasteiger partial charge is 0.484 e. The third-order valence-corrected chi connectivity index (χ3v) is 6.07. The minimum absolute atomic E-state index is 0.0952. The van der Waals surface area contributed by atoms with Crippen LogP contribution < -0.4 is 10.1 Å². The maximum Gasteiger partial charge on any atom is 0.261 e. The fourth-order valence-electron chi connectivity index (χ4n) is 3.53. The van der Waals surface area contributed by atoms with E-state index in [4.69, 9.17) is 39.5 Å². The van der Waals surface area contributed by atoms with Gasteiger partial charge in [0.1, 0.15) is 11.8 Å². The smallest absolute Gasteiger partial charge is 0.261 e. The van der Waals surface area contributed by atoms with Gasteiger partial charge in [-0.1, -0.05) is 71.2 Å². The van der Waals surface area contributed by atoms with Crippen LogP contribution in [0.2, 0.25) is 15.1 Å². The summed E-state index contributed by atoms with van der Waals surface area (Å²) in [5.74, 6) is -0.113. The van der Waals surface area contributed by atoms with Crippen LogP contribution in [0, 0.1) is 0 Å². The molecule has 5 nitrogen and oxygen atoms in total. The second kappa shape index (κ2) is 12.8. The Hall–Kier alpha value is -2.73. The quantitative estimate of drug-likeness (QED) is 0.338. The molecule has 1 N–H and O–H groups in total. The highest BCUT2D eigenvalue weighted by molar-refractivity contribution is 6.35. The fourth-order valence-corrected chi connectivity index (χ4v) is 4.12. The third-order valence-electron chi connectivity index (χ3n) is 5.23. The molecule has 0 radical (unpaired) electrons. The van der Waals surface area contributed by atoms with Gasteiger partial charge < -0.3 is 15.0 Å². The van der Waals surface area contributed by atoms with Crippen LogP contribution in [0.4, 0.5) is 0 Å². The molecule has 0 saturated heterocycles. The highest BCUT2D eigenvalue weighted by atomic mass is 35.5. The van der Waals surface area contributed by atoms with Crippen LogP contribution >= 0.6 is 34.8 Å². The second-order valence-corrected chi connectivity index (χ2v) is 9.65. The first-order valence-electron chi connectivity index (χ1n) is 11.2. The van der Waals surface area contributed by atoms with Crippen LogP contribution in [0.1, 0.15) is 25.0 Å². The standard InChI is InChI=1S/C27H27Cl3N2O3/c1-18(2)31-27(34)25(14-19-6-4-3-5-7-19)32(16-20-8-9-22(29)15-24(20)30)26(33)17-35-23-12-10-21(28)11-13-23/h3-13,15,18,25H,14,16-17H2,1-2H3,(H,31,34). The van der Waals surface area contributed by atoms with E-state index in [2.05, 4.69) is 5.32 Å². The maximum absolute atomic E-state index is 13.5. The summed E-state index contributed by atoms with van der Waals surface area (Å²) >= 11 is 18.4. The molecule has 0 saturated carbocycles. The number of hydrogen-bond acceptors (Lipinski definition) is 3. The van der Waals surface area contributed by atoms with Crippen molar-refractivity contribution in [3.8, 4) is 5.75 Å². The second-order valence-electron chi connectivity index (χ2n) is 8.37. The molecule has 3 aromatic rings. The molecule has 0 heterocycles.